The number of halogens is 1. The first-order chi connectivity index (χ1) is 8.10. The van der Waals surface area contributed by atoms with E-state index in [1.165, 1.54) is 6.07 Å². The number of aliphatic carboxylic acids is 1. The minimum atomic E-state index is -0.782. The van der Waals surface area contributed by atoms with Crippen LogP contribution in [0.2, 0.25) is 5.02 Å². The summed E-state index contributed by atoms with van der Waals surface area (Å²) in [6.07, 6.45) is 0.915. The van der Waals surface area contributed by atoms with Gasteiger partial charge in [-0.1, -0.05) is 11.6 Å². The van der Waals surface area contributed by atoms with Crippen molar-refractivity contribution in [2.24, 2.45) is 5.92 Å². The lowest BCUT2D eigenvalue weighted by Gasteiger charge is -2.32. The van der Waals surface area contributed by atoms with E-state index >= 15 is 0 Å². The van der Waals surface area contributed by atoms with E-state index < -0.39 is 5.97 Å². The lowest BCUT2D eigenvalue weighted by atomic mass is 9.82. The van der Waals surface area contributed by atoms with Gasteiger partial charge in [-0.05, 0) is 31.0 Å². The van der Waals surface area contributed by atoms with Crippen LogP contribution in [0.25, 0.3) is 0 Å². The number of hydrogen-bond acceptors (Lipinski definition) is 3. The molecule has 1 N–H and O–H groups in total. The molecule has 0 radical (unpaired) electrons. The Balaban J connectivity index is 1.97. The van der Waals surface area contributed by atoms with Crippen LogP contribution < -0.4 is 4.74 Å². The van der Waals surface area contributed by atoms with E-state index in [1.54, 1.807) is 12.1 Å². The molecule has 2 rings (SSSR count). The Morgan fingerprint density at radius 1 is 1.53 bits per heavy atom. The molecule has 17 heavy (non-hydrogen) atoms. The van der Waals surface area contributed by atoms with E-state index in [4.69, 9.17) is 26.7 Å². The Morgan fingerprint density at radius 2 is 2.24 bits per heavy atom. The van der Waals surface area contributed by atoms with Crippen molar-refractivity contribution < 1.29 is 14.6 Å². The number of carboxylic acid groups (broad SMARTS) is 1. The minimum Gasteiger partial charge on any atom is -0.489 e. The molecule has 0 heterocycles. The molecule has 0 bridgehead atoms. The molecule has 0 spiro atoms. The van der Waals surface area contributed by atoms with Crippen molar-refractivity contribution in [3.05, 3.63) is 28.8 Å². The van der Waals surface area contributed by atoms with Crippen molar-refractivity contribution >= 4 is 17.6 Å². The molecule has 0 unspecified atom stereocenters. The van der Waals surface area contributed by atoms with Crippen molar-refractivity contribution in [2.45, 2.75) is 18.9 Å². The van der Waals surface area contributed by atoms with Crippen molar-refractivity contribution in [3.8, 4) is 11.8 Å². The number of carboxylic acids is 1. The second kappa shape index (κ2) is 4.64. The predicted molar refractivity (Wildman–Crippen MR) is 60.9 cm³/mol. The van der Waals surface area contributed by atoms with Gasteiger partial charge in [-0.15, -0.1) is 0 Å². The first kappa shape index (κ1) is 11.7. The third-order valence-electron chi connectivity index (χ3n) is 2.80. The zero-order chi connectivity index (χ0) is 12.4. The number of rotatable bonds is 3. The van der Waals surface area contributed by atoms with Crippen LogP contribution in [0.3, 0.4) is 0 Å². The highest BCUT2D eigenvalue weighted by molar-refractivity contribution is 6.32. The van der Waals surface area contributed by atoms with Crippen molar-refractivity contribution in [1.29, 1.82) is 5.26 Å². The number of hydrogen-bond donors (Lipinski definition) is 1. The summed E-state index contributed by atoms with van der Waals surface area (Å²) >= 11 is 5.94. The Labute approximate surface area is 103 Å². The van der Waals surface area contributed by atoms with Crippen molar-refractivity contribution in [3.63, 3.8) is 0 Å². The minimum absolute atomic E-state index is 0.0958. The fourth-order valence-electron chi connectivity index (χ4n) is 1.71. The molecule has 88 valence electrons. The second-order valence-corrected chi connectivity index (χ2v) is 4.41. The van der Waals surface area contributed by atoms with Gasteiger partial charge in [-0.3, -0.25) is 4.79 Å². The van der Waals surface area contributed by atoms with Gasteiger partial charge in [-0.2, -0.15) is 5.26 Å². The largest absolute Gasteiger partial charge is 0.489 e. The van der Waals surface area contributed by atoms with E-state index in [0.717, 1.165) is 0 Å². The van der Waals surface area contributed by atoms with E-state index in [-0.39, 0.29) is 12.0 Å². The van der Waals surface area contributed by atoms with Crippen LogP contribution in [-0.4, -0.2) is 17.2 Å². The molecule has 0 atom stereocenters. The van der Waals surface area contributed by atoms with Gasteiger partial charge in [0.2, 0.25) is 0 Å². The molecule has 0 saturated heterocycles. The highest BCUT2D eigenvalue weighted by atomic mass is 35.5. The Kier molecular flexibility index (Phi) is 3.21. The molecule has 1 aliphatic carbocycles. The number of benzene rings is 1. The SMILES string of the molecule is N#Cc1ccc(OC2CC(C(=O)O)C2)c(Cl)c1. The maximum absolute atomic E-state index is 10.6. The summed E-state index contributed by atoms with van der Waals surface area (Å²) in [4.78, 5) is 10.6. The summed E-state index contributed by atoms with van der Waals surface area (Å²) in [7, 11) is 0. The predicted octanol–water partition coefficient (Wildman–Crippen LogP) is 2.45. The lowest BCUT2D eigenvalue weighted by Crippen LogP contribution is -2.38. The van der Waals surface area contributed by atoms with Gasteiger partial charge in [0.25, 0.3) is 0 Å². The molecular formula is C12H10ClNO3. The molecule has 0 aromatic heterocycles. The Bertz CT molecular complexity index is 489. The Hall–Kier alpha value is -1.73. The fourth-order valence-corrected chi connectivity index (χ4v) is 1.93. The zero-order valence-corrected chi connectivity index (χ0v) is 9.65. The lowest BCUT2D eigenvalue weighted by molar-refractivity contribution is -0.147. The molecule has 0 aliphatic heterocycles. The first-order valence-electron chi connectivity index (χ1n) is 5.19. The maximum atomic E-state index is 10.6. The van der Waals surface area contributed by atoms with Gasteiger partial charge in [0.1, 0.15) is 11.9 Å². The third-order valence-corrected chi connectivity index (χ3v) is 3.09. The second-order valence-electron chi connectivity index (χ2n) is 4.00. The van der Waals surface area contributed by atoms with E-state index in [0.29, 0.717) is 29.2 Å². The molecule has 5 heteroatoms. The highest BCUT2D eigenvalue weighted by Gasteiger charge is 2.36. The molecule has 1 aromatic carbocycles. The van der Waals surface area contributed by atoms with Crippen LogP contribution in [0.5, 0.6) is 5.75 Å². The molecule has 1 saturated carbocycles. The maximum Gasteiger partial charge on any atom is 0.306 e. The van der Waals surface area contributed by atoms with Gasteiger partial charge in [-0.25, -0.2) is 0 Å². The van der Waals surface area contributed by atoms with Crippen LogP contribution in [0.1, 0.15) is 18.4 Å². The first-order valence-corrected chi connectivity index (χ1v) is 5.57. The number of ether oxygens (including phenoxy) is 1. The number of nitriles is 1. The molecular weight excluding hydrogens is 242 g/mol. The van der Waals surface area contributed by atoms with E-state index in [2.05, 4.69) is 0 Å². The zero-order valence-electron chi connectivity index (χ0n) is 8.89. The van der Waals surface area contributed by atoms with E-state index in [9.17, 15) is 4.79 Å². The highest BCUT2D eigenvalue weighted by Crippen LogP contribution is 2.34. The van der Waals surface area contributed by atoms with Gasteiger partial charge in [0, 0.05) is 0 Å². The molecule has 4 nitrogen and oxygen atoms in total. The van der Waals surface area contributed by atoms with Crippen LogP contribution in [0.4, 0.5) is 0 Å². The van der Waals surface area contributed by atoms with Crippen LogP contribution in [-0.2, 0) is 4.79 Å². The van der Waals surface area contributed by atoms with Gasteiger partial charge < -0.3 is 9.84 Å². The summed E-state index contributed by atoms with van der Waals surface area (Å²) < 4.78 is 5.56. The third kappa shape index (κ3) is 2.51. The fraction of sp³-hybridized carbons (Fsp3) is 0.333. The van der Waals surface area contributed by atoms with Crippen LogP contribution in [0, 0.1) is 17.2 Å². The number of carbonyl (C=O) groups is 1. The number of nitrogens with zero attached hydrogens (tertiary/aromatic N) is 1. The smallest absolute Gasteiger partial charge is 0.306 e. The monoisotopic (exact) mass is 251 g/mol. The quantitative estimate of drug-likeness (QED) is 0.896. The standard InChI is InChI=1S/C12H10ClNO3/c13-10-3-7(6-14)1-2-11(10)17-9-4-8(5-9)12(15)16/h1-3,8-9H,4-5H2,(H,15,16). The van der Waals surface area contributed by atoms with Gasteiger partial charge in [0.15, 0.2) is 0 Å². The van der Waals surface area contributed by atoms with Gasteiger partial charge in [0.05, 0.1) is 22.6 Å². The van der Waals surface area contributed by atoms with Crippen LogP contribution in [0.15, 0.2) is 18.2 Å². The molecule has 1 aliphatic rings. The summed E-state index contributed by atoms with van der Waals surface area (Å²) in [6, 6.07) is 6.77. The van der Waals surface area contributed by atoms with E-state index in [1.807, 2.05) is 6.07 Å². The summed E-state index contributed by atoms with van der Waals surface area (Å²) in [5, 5.41) is 17.8. The summed E-state index contributed by atoms with van der Waals surface area (Å²) in [5.74, 6) is -0.590. The summed E-state index contributed by atoms with van der Waals surface area (Å²) in [5.41, 5.74) is 0.472. The molecule has 1 aromatic rings. The average Bonchev–Trinajstić information content (AvgIpc) is 2.23. The normalized spacial score (nSPS) is 22.4. The summed E-state index contributed by atoms with van der Waals surface area (Å²) in [6.45, 7) is 0. The Morgan fingerprint density at radius 3 is 2.76 bits per heavy atom. The molecule has 0 amide bonds. The van der Waals surface area contributed by atoms with Crippen molar-refractivity contribution in [1.82, 2.24) is 0 Å². The van der Waals surface area contributed by atoms with Crippen LogP contribution >= 0.6 is 11.6 Å². The topological polar surface area (TPSA) is 70.3 Å². The van der Waals surface area contributed by atoms with Gasteiger partial charge >= 0.3 is 5.97 Å². The average molecular weight is 252 g/mol. The van der Waals surface area contributed by atoms with Crippen molar-refractivity contribution in [2.75, 3.05) is 0 Å². The molecule has 1 fully saturated rings.